The van der Waals surface area contributed by atoms with E-state index in [0.717, 1.165) is 5.56 Å². The second kappa shape index (κ2) is 13.9. The van der Waals surface area contributed by atoms with E-state index in [1.807, 2.05) is 25.1 Å². The summed E-state index contributed by atoms with van der Waals surface area (Å²) in [5.74, 6) is 2.17. The molecule has 0 bridgehead atoms. The number of hydrogen-bond donors (Lipinski definition) is 3. The summed E-state index contributed by atoms with van der Waals surface area (Å²) in [5.41, 5.74) is 1.25. The lowest BCUT2D eigenvalue weighted by molar-refractivity contribution is 0.262. The number of amides is 2. The maximum atomic E-state index is 12.8. The van der Waals surface area contributed by atoms with Crippen LogP contribution in [0.5, 0.6) is 29.0 Å². The van der Waals surface area contributed by atoms with Gasteiger partial charge in [0.15, 0.2) is 11.5 Å². The molecule has 0 atom stereocenters. The maximum Gasteiger partial charge on any atom is 0.339 e. The first-order valence-corrected chi connectivity index (χ1v) is 13.7. The molecular formula is C31H30N6O7. The van der Waals surface area contributed by atoms with E-state index in [0.29, 0.717) is 53.5 Å². The summed E-state index contributed by atoms with van der Waals surface area (Å²) in [6.07, 6.45) is 0.591. The highest BCUT2D eigenvalue weighted by atomic mass is 16.5. The molecule has 44 heavy (non-hydrogen) atoms. The summed E-state index contributed by atoms with van der Waals surface area (Å²) in [4.78, 5) is 37.9. The van der Waals surface area contributed by atoms with Crippen LogP contribution in [-0.2, 0) is 6.42 Å². The van der Waals surface area contributed by atoms with Gasteiger partial charge in [-0.1, -0.05) is 18.2 Å². The lowest BCUT2D eigenvalue weighted by Gasteiger charge is -2.12. The number of benzene rings is 3. The maximum absolute atomic E-state index is 12.8. The molecule has 0 spiro atoms. The van der Waals surface area contributed by atoms with E-state index >= 15 is 0 Å². The van der Waals surface area contributed by atoms with Gasteiger partial charge in [0, 0.05) is 12.2 Å². The van der Waals surface area contributed by atoms with E-state index < -0.39 is 11.7 Å². The van der Waals surface area contributed by atoms with Gasteiger partial charge in [0.05, 0.1) is 32.3 Å². The number of hydrogen-bond acceptors (Lipinski definition) is 11. The molecule has 5 aromatic rings. The molecule has 0 unspecified atom stereocenters. The Bertz CT molecular complexity index is 1810. The number of nitrogens with one attached hydrogen (secondary N) is 3. The summed E-state index contributed by atoms with van der Waals surface area (Å²) < 4.78 is 27.3. The van der Waals surface area contributed by atoms with Crippen molar-refractivity contribution >= 4 is 34.6 Å². The van der Waals surface area contributed by atoms with Crippen LogP contribution in [0.15, 0.2) is 82.0 Å². The van der Waals surface area contributed by atoms with Crippen molar-refractivity contribution in [2.45, 2.75) is 13.3 Å². The molecule has 3 N–H and O–H groups in total. The van der Waals surface area contributed by atoms with Gasteiger partial charge in [0.1, 0.15) is 17.1 Å². The van der Waals surface area contributed by atoms with Crippen LogP contribution in [0.1, 0.15) is 12.5 Å². The second-order valence-corrected chi connectivity index (χ2v) is 9.20. The van der Waals surface area contributed by atoms with E-state index in [-0.39, 0.29) is 23.7 Å². The topological polar surface area (TPSA) is 159 Å². The number of fused-ring (bicyclic) bond motifs is 1. The number of urea groups is 1. The molecule has 13 heteroatoms. The Kier molecular flexibility index (Phi) is 9.35. The van der Waals surface area contributed by atoms with Crippen molar-refractivity contribution < 1.29 is 28.2 Å². The van der Waals surface area contributed by atoms with Gasteiger partial charge >= 0.3 is 17.7 Å². The van der Waals surface area contributed by atoms with Crippen LogP contribution in [0.3, 0.4) is 0 Å². The van der Waals surface area contributed by atoms with Gasteiger partial charge in [0.2, 0.25) is 11.9 Å². The van der Waals surface area contributed by atoms with E-state index in [4.69, 9.17) is 23.4 Å². The number of carbonyl (C=O) groups is 1. The average molecular weight is 599 g/mol. The third-order valence-electron chi connectivity index (χ3n) is 6.22. The van der Waals surface area contributed by atoms with Gasteiger partial charge in [-0.3, -0.25) is 5.32 Å². The second-order valence-electron chi connectivity index (χ2n) is 9.20. The summed E-state index contributed by atoms with van der Waals surface area (Å²) in [6, 6.07) is 19.9. The lowest BCUT2D eigenvalue weighted by atomic mass is 10.1. The van der Waals surface area contributed by atoms with Crippen molar-refractivity contribution in [2.75, 3.05) is 43.3 Å². The highest BCUT2D eigenvalue weighted by Gasteiger charge is 2.15. The molecule has 0 aliphatic heterocycles. The van der Waals surface area contributed by atoms with E-state index in [9.17, 15) is 9.59 Å². The minimum Gasteiger partial charge on any atom is -0.494 e. The molecule has 0 aliphatic carbocycles. The van der Waals surface area contributed by atoms with E-state index in [1.54, 1.807) is 62.8 Å². The minimum absolute atomic E-state index is 0.0840. The molecule has 2 amide bonds. The van der Waals surface area contributed by atoms with Crippen molar-refractivity contribution in [2.24, 2.45) is 0 Å². The third kappa shape index (κ3) is 7.50. The number of rotatable bonds is 12. The highest BCUT2D eigenvalue weighted by Crippen LogP contribution is 2.29. The Balaban J connectivity index is 1.36. The number of anilines is 3. The monoisotopic (exact) mass is 598 g/mol. The predicted molar refractivity (Wildman–Crippen MR) is 164 cm³/mol. The number of aromatic nitrogens is 3. The first-order chi connectivity index (χ1) is 21.4. The predicted octanol–water partition coefficient (Wildman–Crippen LogP) is 5.48. The smallest absolute Gasteiger partial charge is 0.339 e. The quantitative estimate of drug-likeness (QED) is 0.156. The Morgan fingerprint density at radius 1 is 0.841 bits per heavy atom. The van der Waals surface area contributed by atoms with Gasteiger partial charge in [-0.2, -0.15) is 15.0 Å². The fraction of sp³-hybridized carbons (Fsp3) is 0.194. The van der Waals surface area contributed by atoms with Crippen molar-refractivity contribution in [1.29, 1.82) is 0 Å². The summed E-state index contributed by atoms with van der Waals surface area (Å²) in [6.45, 7) is 2.85. The van der Waals surface area contributed by atoms with Gasteiger partial charge in [0.25, 0.3) is 0 Å². The van der Waals surface area contributed by atoms with Crippen LogP contribution in [0, 0.1) is 0 Å². The van der Waals surface area contributed by atoms with Crippen LogP contribution < -0.4 is 40.5 Å². The van der Waals surface area contributed by atoms with Gasteiger partial charge < -0.3 is 34.0 Å². The van der Waals surface area contributed by atoms with Crippen molar-refractivity contribution in [3.63, 3.8) is 0 Å². The van der Waals surface area contributed by atoms with E-state index in [2.05, 4.69) is 30.9 Å². The standard InChI is InChI=1S/C31H30N6O7/c1-4-42-21-12-10-20(11-13-21)33-30(39)35-29-34-28(32-16-15-19-9-14-24(40-2)26(17-19)41-3)36-31(37-29)44-25-18-27(38)43-23-8-6-5-7-22(23)25/h5-14,17-18H,4,15-16H2,1-3H3,(H3,32,33,34,35,36,37,39). The Morgan fingerprint density at radius 2 is 1.61 bits per heavy atom. The van der Waals surface area contributed by atoms with Gasteiger partial charge in [-0.05, 0) is 67.4 Å². The molecule has 5 rings (SSSR count). The Hall–Kier alpha value is -5.85. The normalized spacial score (nSPS) is 10.6. The summed E-state index contributed by atoms with van der Waals surface area (Å²) in [7, 11) is 3.15. The Morgan fingerprint density at radius 3 is 2.39 bits per heavy atom. The SMILES string of the molecule is CCOc1ccc(NC(=O)Nc2nc(NCCc3ccc(OC)c(OC)c3)nc(Oc3cc(=O)oc4ccccc34)n2)cc1. The molecule has 0 aliphatic rings. The van der Waals surface area contributed by atoms with Crippen molar-refractivity contribution in [3.8, 4) is 29.0 Å². The number of para-hydroxylation sites is 1. The van der Waals surface area contributed by atoms with Crippen molar-refractivity contribution in [3.05, 3.63) is 88.8 Å². The molecule has 0 saturated heterocycles. The zero-order chi connectivity index (χ0) is 30.9. The minimum atomic E-state index is -0.603. The van der Waals surface area contributed by atoms with Gasteiger partial charge in [-0.25, -0.2) is 9.59 Å². The average Bonchev–Trinajstić information content (AvgIpc) is 3.02. The van der Waals surface area contributed by atoms with Crippen LogP contribution in [0.4, 0.5) is 22.4 Å². The van der Waals surface area contributed by atoms with Crippen molar-refractivity contribution in [1.82, 2.24) is 15.0 Å². The first kappa shape index (κ1) is 29.6. The fourth-order valence-corrected chi connectivity index (χ4v) is 4.22. The molecule has 3 aromatic carbocycles. The molecule has 13 nitrogen and oxygen atoms in total. The van der Waals surface area contributed by atoms with Crippen LogP contribution >= 0.6 is 0 Å². The molecule has 2 aromatic heterocycles. The Labute approximate surface area is 252 Å². The summed E-state index contributed by atoms with van der Waals surface area (Å²) >= 11 is 0. The largest absolute Gasteiger partial charge is 0.494 e. The first-order valence-electron chi connectivity index (χ1n) is 13.7. The fourth-order valence-electron chi connectivity index (χ4n) is 4.22. The number of methoxy groups -OCH3 is 2. The molecule has 226 valence electrons. The van der Waals surface area contributed by atoms with Crippen LogP contribution in [0.25, 0.3) is 11.0 Å². The van der Waals surface area contributed by atoms with E-state index in [1.165, 1.54) is 6.07 Å². The molecule has 0 fully saturated rings. The molecular weight excluding hydrogens is 568 g/mol. The van der Waals surface area contributed by atoms with Gasteiger partial charge in [-0.15, -0.1) is 0 Å². The molecule has 2 heterocycles. The third-order valence-corrected chi connectivity index (χ3v) is 6.22. The highest BCUT2D eigenvalue weighted by molar-refractivity contribution is 5.98. The van der Waals surface area contributed by atoms with Crippen LogP contribution in [-0.4, -0.2) is 48.4 Å². The molecule has 0 saturated carbocycles. The number of nitrogens with zero attached hydrogens (tertiary/aromatic N) is 3. The zero-order valence-electron chi connectivity index (χ0n) is 24.2. The lowest BCUT2D eigenvalue weighted by Crippen LogP contribution is -2.22. The number of carbonyl (C=O) groups excluding carboxylic acids is 1. The number of ether oxygens (including phenoxy) is 4. The molecule has 0 radical (unpaired) electrons. The summed E-state index contributed by atoms with van der Waals surface area (Å²) in [5, 5.41) is 9.00. The zero-order valence-corrected chi connectivity index (χ0v) is 24.2. The van der Waals surface area contributed by atoms with Crippen LogP contribution in [0.2, 0.25) is 0 Å².